The third kappa shape index (κ3) is 7.80. The molecule has 1 saturated heterocycles. The number of benzene rings is 3. The largest absolute Gasteiger partial charge is 0.514 e. The number of nitrogens with zero attached hydrogens (tertiary/aromatic N) is 2. The highest BCUT2D eigenvalue weighted by atomic mass is 35.5. The Morgan fingerprint density at radius 3 is 2.11 bits per heavy atom. The van der Waals surface area contributed by atoms with Gasteiger partial charge in [0.25, 0.3) is 6.16 Å². The van der Waals surface area contributed by atoms with Crippen LogP contribution in [-0.4, -0.2) is 54.8 Å². The molecule has 7 heteroatoms. The van der Waals surface area contributed by atoms with Crippen LogP contribution in [0.1, 0.15) is 23.1 Å². The van der Waals surface area contributed by atoms with Gasteiger partial charge in [-0.25, -0.2) is 0 Å². The van der Waals surface area contributed by atoms with Crippen molar-refractivity contribution in [1.29, 1.82) is 0 Å². The van der Waals surface area contributed by atoms with Crippen LogP contribution in [0.4, 0.5) is 4.79 Å². The lowest BCUT2D eigenvalue weighted by Gasteiger charge is -2.43. The first-order valence-electron chi connectivity index (χ1n) is 12.2. The first-order valence-corrected chi connectivity index (χ1v) is 12.2. The van der Waals surface area contributed by atoms with Crippen molar-refractivity contribution in [3.05, 3.63) is 102 Å². The lowest BCUT2D eigenvalue weighted by atomic mass is 9.97. The van der Waals surface area contributed by atoms with Gasteiger partial charge < -0.3 is 24.3 Å². The van der Waals surface area contributed by atoms with Crippen LogP contribution in [0.15, 0.2) is 84.9 Å². The Morgan fingerprint density at radius 2 is 1.53 bits per heavy atom. The molecule has 0 radical (unpaired) electrons. The summed E-state index contributed by atoms with van der Waals surface area (Å²) >= 11 is 0. The van der Waals surface area contributed by atoms with E-state index in [2.05, 4.69) is 70.5 Å². The Morgan fingerprint density at radius 1 is 0.944 bits per heavy atom. The lowest BCUT2D eigenvalue weighted by molar-refractivity contribution is -0.271. The highest BCUT2D eigenvalue weighted by Crippen LogP contribution is 2.25. The summed E-state index contributed by atoms with van der Waals surface area (Å²) in [6, 6.07) is 28.7. The molecular formula is C29H34ClN2O4-. The van der Waals surface area contributed by atoms with Crippen molar-refractivity contribution in [2.24, 2.45) is 0 Å². The van der Waals surface area contributed by atoms with Crippen LogP contribution in [0.25, 0.3) is 0 Å². The van der Waals surface area contributed by atoms with Crippen LogP contribution < -0.4 is 9.84 Å². The molecule has 192 valence electrons. The number of halogens is 1. The van der Waals surface area contributed by atoms with Crippen molar-refractivity contribution in [1.82, 2.24) is 9.80 Å². The SMILES string of the molecule is COC1CN(CCc2ccccc2OC(=O)[O-])CCC1N(Cc1ccccc1)Cc1ccccc1.Cl. The Bertz CT molecular complexity index is 1030. The highest BCUT2D eigenvalue weighted by Gasteiger charge is 2.33. The van der Waals surface area contributed by atoms with Crippen LogP contribution >= 0.6 is 12.4 Å². The monoisotopic (exact) mass is 509 g/mol. The molecule has 2 atom stereocenters. The minimum Gasteiger partial charge on any atom is -0.514 e. The number of carboxylic acid groups (broad SMARTS) is 1. The predicted octanol–water partition coefficient (Wildman–Crippen LogP) is 4.16. The van der Waals surface area contributed by atoms with Crippen LogP contribution in [0.5, 0.6) is 5.75 Å². The fraction of sp³-hybridized carbons (Fsp3) is 0.345. The average molecular weight is 510 g/mol. The van der Waals surface area contributed by atoms with E-state index in [1.54, 1.807) is 19.2 Å². The molecule has 2 unspecified atom stereocenters. The molecule has 1 aliphatic rings. The second kappa shape index (κ2) is 14.0. The van der Waals surface area contributed by atoms with Gasteiger partial charge in [0.15, 0.2) is 0 Å². The third-order valence-electron chi connectivity index (χ3n) is 6.70. The molecule has 0 aromatic heterocycles. The Kier molecular flexibility index (Phi) is 10.8. The summed E-state index contributed by atoms with van der Waals surface area (Å²) in [5.41, 5.74) is 3.46. The van der Waals surface area contributed by atoms with E-state index in [0.29, 0.717) is 18.2 Å². The molecule has 1 aliphatic heterocycles. The maximum absolute atomic E-state index is 10.9. The lowest BCUT2D eigenvalue weighted by Crippen LogP contribution is -2.54. The highest BCUT2D eigenvalue weighted by molar-refractivity contribution is 5.85. The second-order valence-corrected chi connectivity index (χ2v) is 9.02. The molecule has 36 heavy (non-hydrogen) atoms. The van der Waals surface area contributed by atoms with E-state index in [1.165, 1.54) is 11.1 Å². The number of hydrogen-bond donors (Lipinski definition) is 0. The summed E-state index contributed by atoms with van der Waals surface area (Å²) in [5, 5.41) is 10.9. The maximum Gasteiger partial charge on any atom is 0.257 e. The molecule has 0 saturated carbocycles. The van der Waals surface area contributed by atoms with E-state index in [0.717, 1.165) is 44.7 Å². The standard InChI is InChI=1S/C29H34N2O4.ClH/c1-34-28-22-30(18-16-25-14-8-9-15-27(25)35-29(32)33)19-17-26(28)31(20-23-10-4-2-5-11-23)21-24-12-6-3-7-13-24;/h2-15,26,28H,16-22H2,1H3,(H,32,33);1H/p-1. The number of rotatable bonds is 10. The second-order valence-electron chi connectivity index (χ2n) is 9.02. The molecule has 3 aromatic carbocycles. The summed E-state index contributed by atoms with van der Waals surface area (Å²) in [4.78, 5) is 15.8. The summed E-state index contributed by atoms with van der Waals surface area (Å²) in [6.45, 7) is 4.32. The molecule has 0 bridgehead atoms. The average Bonchev–Trinajstić information content (AvgIpc) is 2.88. The van der Waals surface area contributed by atoms with Gasteiger partial charge in [0.2, 0.25) is 0 Å². The minimum atomic E-state index is -1.53. The normalized spacial score (nSPS) is 17.9. The van der Waals surface area contributed by atoms with Gasteiger partial charge in [-0.3, -0.25) is 4.90 Å². The van der Waals surface area contributed by atoms with Crippen molar-refractivity contribution < 1.29 is 19.4 Å². The molecule has 1 heterocycles. The zero-order valence-electron chi connectivity index (χ0n) is 20.6. The zero-order chi connectivity index (χ0) is 24.5. The number of hydrogen-bond acceptors (Lipinski definition) is 6. The van der Waals surface area contributed by atoms with Crippen LogP contribution in [0.3, 0.4) is 0 Å². The van der Waals surface area contributed by atoms with Gasteiger partial charge in [0, 0.05) is 39.3 Å². The summed E-state index contributed by atoms with van der Waals surface area (Å²) < 4.78 is 10.9. The summed E-state index contributed by atoms with van der Waals surface area (Å²) in [6.07, 6.45) is 0.234. The molecule has 1 fully saturated rings. The van der Waals surface area contributed by atoms with E-state index >= 15 is 0 Å². The van der Waals surface area contributed by atoms with E-state index in [4.69, 9.17) is 9.47 Å². The number of carbonyl (C=O) groups excluding carboxylic acids is 1. The number of piperidine rings is 1. The maximum atomic E-state index is 10.9. The molecule has 0 aliphatic carbocycles. The molecule has 6 nitrogen and oxygen atoms in total. The number of methoxy groups -OCH3 is 1. The zero-order valence-corrected chi connectivity index (χ0v) is 21.4. The Hall–Kier alpha value is -2.90. The fourth-order valence-corrected chi connectivity index (χ4v) is 4.93. The third-order valence-corrected chi connectivity index (χ3v) is 6.70. The van der Waals surface area contributed by atoms with Crippen molar-refractivity contribution in [2.45, 2.75) is 38.1 Å². The summed E-state index contributed by atoms with van der Waals surface area (Å²) in [7, 11) is 1.80. The number of carbonyl (C=O) groups is 1. The Labute approximate surface area is 219 Å². The van der Waals surface area contributed by atoms with E-state index in [-0.39, 0.29) is 18.5 Å². The van der Waals surface area contributed by atoms with Gasteiger partial charge in [-0.05, 0) is 42.1 Å². The van der Waals surface area contributed by atoms with Gasteiger partial charge >= 0.3 is 0 Å². The van der Waals surface area contributed by atoms with E-state index in [1.807, 2.05) is 12.1 Å². The topological polar surface area (TPSA) is 65.1 Å². The summed E-state index contributed by atoms with van der Waals surface area (Å²) in [5.74, 6) is 0.350. The molecule has 4 rings (SSSR count). The van der Waals surface area contributed by atoms with E-state index in [9.17, 15) is 9.90 Å². The predicted molar refractivity (Wildman–Crippen MR) is 141 cm³/mol. The first kappa shape index (κ1) is 27.7. The smallest absolute Gasteiger partial charge is 0.257 e. The fourth-order valence-electron chi connectivity index (χ4n) is 4.93. The van der Waals surface area contributed by atoms with Crippen LogP contribution in [-0.2, 0) is 24.2 Å². The number of ether oxygens (including phenoxy) is 2. The number of likely N-dealkylation sites (tertiary alicyclic amines) is 1. The van der Waals surface area contributed by atoms with Gasteiger partial charge in [-0.2, -0.15) is 0 Å². The van der Waals surface area contributed by atoms with E-state index < -0.39 is 6.16 Å². The van der Waals surface area contributed by atoms with Gasteiger partial charge in [-0.1, -0.05) is 78.9 Å². The molecular weight excluding hydrogens is 476 g/mol. The number of para-hydroxylation sites is 1. The minimum absolute atomic E-state index is 0. The quantitative estimate of drug-likeness (QED) is 0.302. The van der Waals surface area contributed by atoms with Crippen molar-refractivity contribution in [3.8, 4) is 5.75 Å². The molecule has 3 aromatic rings. The van der Waals surface area contributed by atoms with Crippen LogP contribution in [0, 0.1) is 0 Å². The Balaban J connectivity index is 0.00000361. The van der Waals surface area contributed by atoms with Crippen LogP contribution in [0.2, 0.25) is 0 Å². The van der Waals surface area contributed by atoms with Crippen molar-refractivity contribution in [2.75, 3.05) is 26.7 Å². The molecule has 0 spiro atoms. The van der Waals surface area contributed by atoms with Gasteiger partial charge in [-0.15, -0.1) is 12.4 Å². The van der Waals surface area contributed by atoms with Gasteiger partial charge in [0.05, 0.1) is 11.9 Å². The van der Waals surface area contributed by atoms with Crippen molar-refractivity contribution in [3.63, 3.8) is 0 Å². The van der Waals surface area contributed by atoms with Crippen molar-refractivity contribution >= 4 is 18.6 Å². The first-order chi connectivity index (χ1) is 17.1. The van der Waals surface area contributed by atoms with Gasteiger partial charge in [0.1, 0.15) is 0 Å². The molecule has 0 N–H and O–H groups in total. The molecule has 0 amide bonds.